The van der Waals surface area contributed by atoms with Crippen LogP contribution in [0.5, 0.6) is 0 Å². The number of likely N-dealkylation sites (tertiary alicyclic amines) is 1. The molecule has 2 aliphatic heterocycles. The Morgan fingerprint density at radius 3 is 2.19 bits per heavy atom. The van der Waals surface area contributed by atoms with Crippen LogP contribution in [-0.2, 0) is 11.2 Å². The fourth-order valence-corrected chi connectivity index (χ4v) is 4.77. The van der Waals surface area contributed by atoms with Crippen molar-refractivity contribution in [1.29, 1.82) is 0 Å². The van der Waals surface area contributed by atoms with E-state index in [1.807, 2.05) is 11.9 Å². The molecule has 0 bridgehead atoms. The van der Waals surface area contributed by atoms with Gasteiger partial charge in [-0.05, 0) is 51.4 Å². The number of carbonyl (C=O) groups excluding carboxylic acids is 1. The van der Waals surface area contributed by atoms with Gasteiger partial charge in [-0.25, -0.2) is 0 Å². The summed E-state index contributed by atoms with van der Waals surface area (Å²) in [5.41, 5.74) is 2.68. The lowest BCUT2D eigenvalue weighted by Crippen LogP contribution is -2.57. The SMILES string of the molecule is CCc1ccc(C(CNC(=NC)N2CCN(C(C)C(=O)N3CCCC3)CC2)N(C)C)cc1. The Morgan fingerprint density at radius 2 is 1.66 bits per heavy atom. The quantitative estimate of drug-likeness (QED) is 0.517. The molecular formula is C25H42N6O. The van der Waals surface area contributed by atoms with Gasteiger partial charge in [0.1, 0.15) is 0 Å². The predicted molar refractivity (Wildman–Crippen MR) is 132 cm³/mol. The van der Waals surface area contributed by atoms with Crippen LogP contribution in [0.4, 0.5) is 0 Å². The van der Waals surface area contributed by atoms with Gasteiger partial charge in [-0.1, -0.05) is 31.2 Å². The Morgan fingerprint density at radius 1 is 1.03 bits per heavy atom. The summed E-state index contributed by atoms with van der Waals surface area (Å²) in [6, 6.07) is 9.18. The molecule has 2 unspecified atom stereocenters. The molecule has 1 amide bonds. The van der Waals surface area contributed by atoms with Crippen LogP contribution in [0.3, 0.4) is 0 Å². The van der Waals surface area contributed by atoms with Crippen molar-refractivity contribution in [3.63, 3.8) is 0 Å². The van der Waals surface area contributed by atoms with Crippen LogP contribution in [0.25, 0.3) is 0 Å². The summed E-state index contributed by atoms with van der Waals surface area (Å²) in [5, 5.41) is 3.60. The van der Waals surface area contributed by atoms with E-state index in [0.717, 1.165) is 71.0 Å². The van der Waals surface area contributed by atoms with Crippen LogP contribution >= 0.6 is 0 Å². The zero-order chi connectivity index (χ0) is 23.1. The largest absolute Gasteiger partial charge is 0.354 e. The van der Waals surface area contributed by atoms with Crippen LogP contribution in [0, 0.1) is 0 Å². The molecular weight excluding hydrogens is 400 g/mol. The molecule has 0 aliphatic carbocycles. The van der Waals surface area contributed by atoms with E-state index in [9.17, 15) is 4.79 Å². The van der Waals surface area contributed by atoms with Crippen LogP contribution in [0.2, 0.25) is 0 Å². The molecule has 0 aromatic heterocycles. The summed E-state index contributed by atoms with van der Waals surface area (Å²) in [5.74, 6) is 1.24. The maximum Gasteiger partial charge on any atom is 0.239 e. The third kappa shape index (κ3) is 6.01. The van der Waals surface area contributed by atoms with E-state index in [1.165, 1.54) is 11.1 Å². The highest BCUT2D eigenvalue weighted by Crippen LogP contribution is 2.19. The van der Waals surface area contributed by atoms with Crippen LogP contribution < -0.4 is 5.32 Å². The van der Waals surface area contributed by atoms with E-state index >= 15 is 0 Å². The van der Waals surface area contributed by atoms with Crippen molar-refractivity contribution >= 4 is 11.9 Å². The number of guanidine groups is 1. The van der Waals surface area contributed by atoms with Crippen LogP contribution in [-0.4, -0.2) is 104 Å². The van der Waals surface area contributed by atoms with Crippen molar-refractivity contribution < 1.29 is 4.79 Å². The number of rotatable bonds is 7. The third-order valence-corrected chi connectivity index (χ3v) is 7.00. The normalized spacial score (nSPS) is 20.0. The first-order valence-corrected chi connectivity index (χ1v) is 12.2. The number of nitrogens with zero attached hydrogens (tertiary/aromatic N) is 5. The number of nitrogens with one attached hydrogen (secondary N) is 1. The van der Waals surface area contributed by atoms with Gasteiger partial charge in [-0.2, -0.15) is 0 Å². The highest BCUT2D eigenvalue weighted by atomic mass is 16.2. The molecule has 1 aromatic carbocycles. The van der Waals surface area contributed by atoms with Gasteiger partial charge in [0.25, 0.3) is 0 Å². The molecule has 3 rings (SSSR count). The van der Waals surface area contributed by atoms with E-state index in [4.69, 9.17) is 0 Å². The molecule has 0 saturated carbocycles. The number of carbonyl (C=O) groups is 1. The zero-order valence-corrected chi connectivity index (χ0v) is 20.7. The number of aryl methyl sites for hydroxylation is 1. The van der Waals surface area contributed by atoms with E-state index in [2.05, 4.69) is 77.2 Å². The lowest BCUT2D eigenvalue weighted by Gasteiger charge is -2.40. The zero-order valence-electron chi connectivity index (χ0n) is 20.7. The third-order valence-electron chi connectivity index (χ3n) is 7.00. The number of hydrogen-bond acceptors (Lipinski definition) is 4. The standard InChI is InChI=1S/C25H42N6O/c1-6-21-9-11-22(12-10-21)23(28(4)5)19-27-25(26-3)31-17-15-29(16-18-31)20(2)24(32)30-13-7-8-14-30/h9-12,20,23H,6-8,13-19H2,1-5H3,(H,26,27). The molecule has 7 heteroatoms. The minimum absolute atomic E-state index is 0.0329. The topological polar surface area (TPSA) is 54.4 Å². The monoisotopic (exact) mass is 442 g/mol. The van der Waals surface area contributed by atoms with Gasteiger partial charge < -0.3 is 20.0 Å². The molecule has 32 heavy (non-hydrogen) atoms. The van der Waals surface area contributed by atoms with Crippen molar-refractivity contribution in [2.75, 3.05) is 67.0 Å². The smallest absolute Gasteiger partial charge is 0.239 e. The summed E-state index contributed by atoms with van der Waals surface area (Å²) < 4.78 is 0. The molecule has 1 N–H and O–H groups in total. The Kier molecular flexibility index (Phi) is 8.93. The average molecular weight is 443 g/mol. The summed E-state index contributed by atoms with van der Waals surface area (Å²) >= 11 is 0. The maximum atomic E-state index is 12.8. The molecule has 0 radical (unpaired) electrons. The lowest BCUT2D eigenvalue weighted by atomic mass is 10.0. The minimum atomic E-state index is -0.0329. The molecule has 7 nitrogen and oxygen atoms in total. The van der Waals surface area contributed by atoms with Gasteiger partial charge in [0.15, 0.2) is 5.96 Å². The Labute approximate surface area is 194 Å². The first kappa shape index (κ1) is 24.5. The van der Waals surface area contributed by atoms with Crippen molar-refractivity contribution in [3.05, 3.63) is 35.4 Å². The van der Waals surface area contributed by atoms with Gasteiger partial charge in [0.2, 0.25) is 5.91 Å². The van der Waals surface area contributed by atoms with Gasteiger partial charge in [-0.3, -0.25) is 14.7 Å². The fourth-order valence-electron chi connectivity index (χ4n) is 4.77. The van der Waals surface area contributed by atoms with E-state index in [1.54, 1.807) is 0 Å². The second kappa shape index (κ2) is 11.7. The lowest BCUT2D eigenvalue weighted by molar-refractivity contribution is -0.135. The molecule has 2 heterocycles. The van der Waals surface area contributed by atoms with Gasteiger partial charge in [0.05, 0.1) is 12.1 Å². The summed E-state index contributed by atoms with van der Waals surface area (Å²) in [6.45, 7) is 10.4. The van der Waals surface area contributed by atoms with Crippen LogP contribution in [0.1, 0.15) is 43.9 Å². The summed E-state index contributed by atoms with van der Waals surface area (Å²) in [7, 11) is 6.11. The van der Waals surface area contributed by atoms with Gasteiger partial charge in [-0.15, -0.1) is 0 Å². The second-order valence-corrected chi connectivity index (χ2v) is 9.23. The van der Waals surface area contributed by atoms with Gasteiger partial charge in [0, 0.05) is 52.9 Å². The average Bonchev–Trinajstić information content (AvgIpc) is 3.36. The highest BCUT2D eigenvalue weighted by Gasteiger charge is 2.30. The van der Waals surface area contributed by atoms with Gasteiger partial charge >= 0.3 is 0 Å². The van der Waals surface area contributed by atoms with E-state index < -0.39 is 0 Å². The van der Waals surface area contributed by atoms with E-state index in [-0.39, 0.29) is 12.1 Å². The van der Waals surface area contributed by atoms with E-state index in [0.29, 0.717) is 5.91 Å². The Hall–Kier alpha value is -2.12. The molecule has 0 spiro atoms. The first-order chi connectivity index (χ1) is 15.4. The highest BCUT2D eigenvalue weighted by molar-refractivity contribution is 5.82. The van der Waals surface area contributed by atoms with Crippen molar-refractivity contribution in [2.45, 2.75) is 45.2 Å². The Bertz CT molecular complexity index is 748. The maximum absolute atomic E-state index is 12.8. The fraction of sp³-hybridized carbons (Fsp3) is 0.680. The van der Waals surface area contributed by atoms with Crippen molar-refractivity contribution in [2.24, 2.45) is 4.99 Å². The minimum Gasteiger partial charge on any atom is -0.354 e. The predicted octanol–water partition coefficient (Wildman–Crippen LogP) is 2.06. The molecule has 2 atom stereocenters. The number of benzene rings is 1. The Balaban J connectivity index is 1.52. The number of aliphatic imine (C=N–C) groups is 1. The molecule has 178 valence electrons. The molecule has 2 aliphatic rings. The number of piperazine rings is 1. The number of amides is 1. The number of hydrogen-bond donors (Lipinski definition) is 1. The summed E-state index contributed by atoms with van der Waals surface area (Å²) in [4.78, 5) is 26.2. The second-order valence-electron chi connectivity index (χ2n) is 9.23. The van der Waals surface area contributed by atoms with Crippen molar-refractivity contribution in [3.8, 4) is 0 Å². The number of likely N-dealkylation sites (N-methyl/N-ethyl adjacent to an activating group) is 1. The van der Waals surface area contributed by atoms with Crippen molar-refractivity contribution in [1.82, 2.24) is 24.9 Å². The first-order valence-electron chi connectivity index (χ1n) is 12.2. The summed E-state index contributed by atoms with van der Waals surface area (Å²) in [6.07, 6.45) is 3.35. The molecule has 1 aromatic rings. The molecule has 2 fully saturated rings. The molecule has 2 saturated heterocycles. The van der Waals surface area contributed by atoms with Crippen LogP contribution in [0.15, 0.2) is 29.3 Å².